The van der Waals surface area contributed by atoms with Crippen molar-refractivity contribution < 1.29 is 9.59 Å². The molecule has 2 amide bonds. The summed E-state index contributed by atoms with van der Waals surface area (Å²) in [6.45, 7) is 3.66. The summed E-state index contributed by atoms with van der Waals surface area (Å²) in [6, 6.07) is 12.6. The number of benzene rings is 2. The Hall–Kier alpha value is -1.50. The van der Waals surface area contributed by atoms with E-state index in [0.29, 0.717) is 5.02 Å². The van der Waals surface area contributed by atoms with Gasteiger partial charge in [0.25, 0.3) is 0 Å². The van der Waals surface area contributed by atoms with E-state index in [1.807, 2.05) is 31.2 Å². The minimum Gasteiger partial charge on any atom is -0.325 e. The minimum absolute atomic E-state index is 0.136. The number of nitrogens with one attached hydrogen (secondary N) is 2. The second-order valence-electron chi connectivity index (χ2n) is 5.46. The molecular formula is C18H18BrClN2O2S. The molecular weight excluding hydrogens is 424 g/mol. The molecule has 0 radical (unpaired) electrons. The van der Waals surface area contributed by atoms with Crippen LogP contribution >= 0.6 is 39.3 Å². The van der Waals surface area contributed by atoms with Crippen LogP contribution in [-0.2, 0) is 9.59 Å². The van der Waals surface area contributed by atoms with Crippen molar-refractivity contribution in [2.24, 2.45) is 0 Å². The lowest BCUT2D eigenvalue weighted by atomic mass is 10.2. The Morgan fingerprint density at radius 1 is 1.16 bits per heavy atom. The molecule has 25 heavy (non-hydrogen) atoms. The maximum atomic E-state index is 12.2. The molecule has 0 aliphatic carbocycles. The van der Waals surface area contributed by atoms with Crippen LogP contribution in [0.2, 0.25) is 5.02 Å². The van der Waals surface area contributed by atoms with Gasteiger partial charge in [-0.1, -0.05) is 27.5 Å². The van der Waals surface area contributed by atoms with Crippen molar-refractivity contribution in [3.05, 3.63) is 57.5 Å². The van der Waals surface area contributed by atoms with E-state index in [4.69, 9.17) is 11.6 Å². The van der Waals surface area contributed by atoms with E-state index < -0.39 is 0 Å². The van der Waals surface area contributed by atoms with Crippen molar-refractivity contribution in [2.75, 3.05) is 16.4 Å². The number of thioether (sulfide) groups is 1. The third-order valence-corrected chi connectivity index (χ3v) is 5.31. The number of carbonyl (C=O) groups excluding carboxylic acids is 2. The number of halogens is 2. The topological polar surface area (TPSA) is 58.2 Å². The molecule has 2 aromatic rings. The summed E-state index contributed by atoms with van der Waals surface area (Å²) in [5.41, 5.74) is 2.34. The molecule has 4 nitrogen and oxygen atoms in total. The fourth-order valence-corrected chi connectivity index (χ4v) is 3.18. The van der Waals surface area contributed by atoms with Crippen LogP contribution in [0.5, 0.6) is 0 Å². The molecule has 0 bridgehead atoms. The normalized spacial score (nSPS) is 11.7. The largest absolute Gasteiger partial charge is 0.325 e. The van der Waals surface area contributed by atoms with Crippen LogP contribution in [0.3, 0.4) is 0 Å². The van der Waals surface area contributed by atoms with E-state index in [1.165, 1.54) is 11.8 Å². The van der Waals surface area contributed by atoms with Gasteiger partial charge in [-0.25, -0.2) is 0 Å². The van der Waals surface area contributed by atoms with Crippen molar-refractivity contribution in [3.8, 4) is 0 Å². The highest BCUT2D eigenvalue weighted by molar-refractivity contribution is 9.10. The summed E-state index contributed by atoms with van der Waals surface area (Å²) < 4.78 is 0.946. The second-order valence-corrected chi connectivity index (χ2v) is 8.14. The van der Waals surface area contributed by atoms with Crippen molar-refractivity contribution in [1.82, 2.24) is 0 Å². The number of anilines is 2. The first-order valence-corrected chi connectivity index (χ1v) is 9.81. The van der Waals surface area contributed by atoms with Crippen molar-refractivity contribution in [2.45, 2.75) is 19.1 Å². The number of hydrogen-bond donors (Lipinski definition) is 2. The van der Waals surface area contributed by atoms with E-state index in [9.17, 15) is 9.59 Å². The first-order chi connectivity index (χ1) is 11.8. The average Bonchev–Trinajstić information content (AvgIpc) is 2.57. The van der Waals surface area contributed by atoms with Gasteiger partial charge in [-0.15, -0.1) is 11.8 Å². The Balaban J connectivity index is 1.81. The first-order valence-electron chi connectivity index (χ1n) is 7.59. The Bertz CT molecular complexity index is 768. The van der Waals surface area contributed by atoms with Crippen LogP contribution in [0.15, 0.2) is 46.9 Å². The van der Waals surface area contributed by atoms with E-state index in [1.54, 1.807) is 25.1 Å². The van der Waals surface area contributed by atoms with Gasteiger partial charge in [0.2, 0.25) is 11.8 Å². The smallest absolute Gasteiger partial charge is 0.237 e. The number of carbonyl (C=O) groups is 2. The zero-order valence-electron chi connectivity index (χ0n) is 13.8. The highest BCUT2D eigenvalue weighted by Gasteiger charge is 2.16. The average molecular weight is 442 g/mol. The Labute approximate surface area is 164 Å². The molecule has 2 N–H and O–H groups in total. The van der Waals surface area contributed by atoms with Gasteiger partial charge in [0.05, 0.1) is 11.0 Å². The summed E-state index contributed by atoms with van der Waals surface area (Å²) in [6.07, 6.45) is 0. The van der Waals surface area contributed by atoms with Gasteiger partial charge in [-0.2, -0.15) is 0 Å². The highest BCUT2D eigenvalue weighted by atomic mass is 79.9. The van der Waals surface area contributed by atoms with Gasteiger partial charge in [0, 0.05) is 20.9 Å². The molecule has 0 saturated heterocycles. The van der Waals surface area contributed by atoms with Gasteiger partial charge in [0.15, 0.2) is 0 Å². The number of aryl methyl sites for hydroxylation is 1. The monoisotopic (exact) mass is 440 g/mol. The number of hydrogen-bond acceptors (Lipinski definition) is 3. The van der Waals surface area contributed by atoms with Crippen LogP contribution in [0, 0.1) is 6.92 Å². The van der Waals surface area contributed by atoms with Crippen LogP contribution in [0.1, 0.15) is 12.5 Å². The molecule has 0 aliphatic heterocycles. The van der Waals surface area contributed by atoms with Crippen LogP contribution in [0.25, 0.3) is 0 Å². The van der Waals surface area contributed by atoms with Crippen LogP contribution in [0.4, 0.5) is 11.4 Å². The lowest BCUT2D eigenvalue weighted by Gasteiger charge is -2.13. The van der Waals surface area contributed by atoms with Gasteiger partial charge in [-0.05, 0) is 61.9 Å². The summed E-state index contributed by atoms with van der Waals surface area (Å²) in [4.78, 5) is 24.2. The number of amides is 2. The van der Waals surface area contributed by atoms with Crippen LogP contribution < -0.4 is 10.6 Å². The van der Waals surface area contributed by atoms with Gasteiger partial charge in [-0.3, -0.25) is 9.59 Å². The molecule has 7 heteroatoms. The maximum Gasteiger partial charge on any atom is 0.237 e. The highest BCUT2D eigenvalue weighted by Crippen LogP contribution is 2.21. The number of rotatable bonds is 6. The predicted octanol–water partition coefficient (Wildman–Crippen LogP) is 5.11. The fraction of sp³-hybridized carbons (Fsp3) is 0.222. The summed E-state index contributed by atoms with van der Waals surface area (Å²) in [7, 11) is 0. The van der Waals surface area contributed by atoms with Gasteiger partial charge in [0.1, 0.15) is 0 Å². The quantitative estimate of drug-likeness (QED) is 0.655. The van der Waals surface area contributed by atoms with Crippen molar-refractivity contribution in [1.29, 1.82) is 0 Å². The SMILES string of the molecule is Cc1cc(Cl)ccc1NC(=O)CSC(C)C(=O)Nc1ccc(Br)cc1. The molecule has 2 rings (SSSR count). The zero-order chi connectivity index (χ0) is 18.4. The summed E-state index contributed by atoms with van der Waals surface area (Å²) in [5, 5.41) is 5.94. The molecule has 0 saturated carbocycles. The Morgan fingerprint density at radius 2 is 1.84 bits per heavy atom. The second kappa shape index (κ2) is 9.27. The molecule has 2 aromatic carbocycles. The van der Waals surface area contributed by atoms with Crippen molar-refractivity contribution >= 4 is 62.5 Å². The Morgan fingerprint density at radius 3 is 2.48 bits per heavy atom. The lowest BCUT2D eigenvalue weighted by Crippen LogP contribution is -2.25. The molecule has 0 aliphatic rings. The standard InChI is InChI=1S/C18H18BrClN2O2S/c1-11-9-14(20)5-8-16(11)22-17(23)10-25-12(2)18(24)21-15-6-3-13(19)4-7-15/h3-9,12H,10H2,1-2H3,(H,21,24)(H,22,23). The third-order valence-electron chi connectivity index (χ3n) is 3.41. The lowest BCUT2D eigenvalue weighted by molar-refractivity contribution is -0.115. The van der Waals surface area contributed by atoms with E-state index in [0.717, 1.165) is 21.4 Å². The molecule has 1 unspecified atom stereocenters. The van der Waals surface area contributed by atoms with Gasteiger partial charge >= 0.3 is 0 Å². The molecule has 0 aromatic heterocycles. The third kappa shape index (κ3) is 6.38. The summed E-state index contributed by atoms with van der Waals surface area (Å²) >= 11 is 10.5. The van der Waals surface area contributed by atoms with Gasteiger partial charge < -0.3 is 10.6 Å². The maximum absolute atomic E-state index is 12.2. The molecule has 132 valence electrons. The fourth-order valence-electron chi connectivity index (χ4n) is 2.01. The molecule has 1 atom stereocenters. The van der Waals surface area contributed by atoms with E-state index in [-0.39, 0.29) is 22.8 Å². The van der Waals surface area contributed by atoms with Crippen molar-refractivity contribution in [3.63, 3.8) is 0 Å². The molecule has 0 spiro atoms. The van der Waals surface area contributed by atoms with E-state index >= 15 is 0 Å². The minimum atomic E-state index is -0.347. The zero-order valence-corrected chi connectivity index (χ0v) is 17.0. The predicted molar refractivity (Wildman–Crippen MR) is 110 cm³/mol. The summed E-state index contributed by atoms with van der Waals surface area (Å²) in [5.74, 6) is -0.0988. The van der Waals surface area contributed by atoms with E-state index in [2.05, 4.69) is 26.6 Å². The first kappa shape index (κ1) is 19.8. The molecule has 0 fully saturated rings. The molecule has 0 heterocycles. The van der Waals surface area contributed by atoms with Crippen LogP contribution in [-0.4, -0.2) is 22.8 Å². The Kier molecular flexibility index (Phi) is 7.35.